The molecule has 132 valence electrons. The average molecular weight is 331 g/mol. The van der Waals surface area contributed by atoms with E-state index in [-0.39, 0.29) is 17.9 Å². The van der Waals surface area contributed by atoms with Gasteiger partial charge in [-0.25, -0.2) is 0 Å². The number of amides is 2. The van der Waals surface area contributed by atoms with E-state index in [1.54, 1.807) is 0 Å². The zero-order chi connectivity index (χ0) is 17.5. The van der Waals surface area contributed by atoms with Gasteiger partial charge in [0.15, 0.2) is 0 Å². The Bertz CT molecular complexity index is 554. The zero-order valence-electron chi connectivity index (χ0n) is 15.0. The maximum atomic E-state index is 12.4. The second-order valence-electron chi connectivity index (χ2n) is 6.89. The van der Waals surface area contributed by atoms with Gasteiger partial charge in [0.05, 0.1) is 0 Å². The molecule has 0 spiro atoms. The van der Waals surface area contributed by atoms with Gasteiger partial charge < -0.3 is 15.5 Å². The van der Waals surface area contributed by atoms with Gasteiger partial charge in [-0.1, -0.05) is 13.8 Å². The van der Waals surface area contributed by atoms with Gasteiger partial charge in [-0.2, -0.15) is 0 Å². The van der Waals surface area contributed by atoms with Crippen molar-refractivity contribution in [2.45, 2.75) is 45.6 Å². The lowest BCUT2D eigenvalue weighted by atomic mass is 10.1. The molecule has 2 amide bonds. The minimum atomic E-state index is -0.0641. The molecule has 1 saturated heterocycles. The second-order valence-corrected chi connectivity index (χ2v) is 6.89. The molecule has 5 heteroatoms. The van der Waals surface area contributed by atoms with Crippen LogP contribution in [0.2, 0.25) is 0 Å². The van der Waals surface area contributed by atoms with Gasteiger partial charge in [-0.15, -0.1) is 0 Å². The molecule has 1 heterocycles. The molecule has 1 aromatic carbocycles. The van der Waals surface area contributed by atoms with Crippen molar-refractivity contribution in [3.8, 4) is 0 Å². The van der Waals surface area contributed by atoms with Crippen LogP contribution < -0.4 is 10.6 Å². The summed E-state index contributed by atoms with van der Waals surface area (Å²) in [6.07, 6.45) is 3.09. The van der Waals surface area contributed by atoms with Crippen LogP contribution in [0.4, 0.5) is 5.69 Å². The number of hydrogen-bond acceptors (Lipinski definition) is 3. The van der Waals surface area contributed by atoms with Crippen molar-refractivity contribution in [1.82, 2.24) is 10.2 Å². The molecule has 0 aromatic heterocycles. The molecule has 1 aliphatic rings. The largest absolute Gasteiger partial charge is 0.388 e. The average Bonchev–Trinajstić information content (AvgIpc) is 2.75. The van der Waals surface area contributed by atoms with E-state index >= 15 is 0 Å². The molecule has 0 bridgehead atoms. The third-order valence-corrected chi connectivity index (χ3v) is 4.55. The van der Waals surface area contributed by atoms with Crippen LogP contribution in [0.25, 0.3) is 0 Å². The van der Waals surface area contributed by atoms with Crippen molar-refractivity contribution in [3.05, 3.63) is 29.8 Å². The number of carbonyl (C=O) groups excluding carboxylic acids is 2. The van der Waals surface area contributed by atoms with Crippen LogP contribution in [0.1, 0.15) is 49.9 Å². The molecule has 0 saturated carbocycles. The molecule has 1 unspecified atom stereocenters. The summed E-state index contributed by atoms with van der Waals surface area (Å²) in [5.41, 5.74) is 1.63. The van der Waals surface area contributed by atoms with E-state index in [4.69, 9.17) is 0 Å². The van der Waals surface area contributed by atoms with E-state index in [0.29, 0.717) is 17.9 Å². The molecule has 0 radical (unpaired) electrons. The molecule has 2 rings (SSSR count). The van der Waals surface area contributed by atoms with Crippen molar-refractivity contribution in [3.63, 3.8) is 0 Å². The molecule has 24 heavy (non-hydrogen) atoms. The molecule has 1 aliphatic heterocycles. The topological polar surface area (TPSA) is 61.4 Å². The highest BCUT2D eigenvalue weighted by molar-refractivity contribution is 5.94. The van der Waals surface area contributed by atoms with Crippen molar-refractivity contribution < 1.29 is 9.59 Å². The van der Waals surface area contributed by atoms with Crippen molar-refractivity contribution in [2.75, 3.05) is 25.5 Å². The molecular weight excluding hydrogens is 302 g/mol. The number of likely N-dealkylation sites (tertiary alicyclic amines) is 1. The number of rotatable bonds is 6. The van der Waals surface area contributed by atoms with Crippen LogP contribution in [0.15, 0.2) is 24.3 Å². The van der Waals surface area contributed by atoms with Crippen LogP contribution in [0.3, 0.4) is 0 Å². The summed E-state index contributed by atoms with van der Waals surface area (Å²) in [7, 11) is 1.85. The highest BCUT2D eigenvalue weighted by Crippen LogP contribution is 2.15. The first kappa shape index (κ1) is 18.3. The number of anilines is 1. The zero-order valence-corrected chi connectivity index (χ0v) is 15.0. The third kappa shape index (κ3) is 5.25. The van der Waals surface area contributed by atoms with Gasteiger partial charge >= 0.3 is 0 Å². The molecular formula is C19H29N3O2. The first-order valence-electron chi connectivity index (χ1n) is 8.86. The number of benzene rings is 1. The van der Waals surface area contributed by atoms with Crippen LogP contribution in [0, 0.1) is 5.92 Å². The number of nitrogens with one attached hydrogen (secondary N) is 2. The normalized spacial score (nSPS) is 18.4. The fourth-order valence-electron chi connectivity index (χ4n) is 2.89. The lowest BCUT2D eigenvalue weighted by Crippen LogP contribution is -2.36. The van der Waals surface area contributed by atoms with Crippen molar-refractivity contribution in [2.24, 2.45) is 5.92 Å². The molecule has 2 N–H and O–H groups in total. The van der Waals surface area contributed by atoms with Gasteiger partial charge in [-0.3, -0.25) is 9.59 Å². The highest BCUT2D eigenvalue weighted by atomic mass is 16.2. The minimum absolute atomic E-state index is 0.0641. The van der Waals surface area contributed by atoms with Crippen LogP contribution in [-0.4, -0.2) is 42.9 Å². The predicted octanol–water partition coefficient (Wildman–Crippen LogP) is 2.89. The Hall–Kier alpha value is -2.04. The Balaban J connectivity index is 1.88. The summed E-state index contributed by atoms with van der Waals surface area (Å²) in [5.74, 6) is 0.744. The highest BCUT2D eigenvalue weighted by Gasteiger charge is 2.23. The number of nitrogens with zero attached hydrogens (tertiary/aromatic N) is 1. The van der Waals surface area contributed by atoms with Crippen molar-refractivity contribution in [1.29, 1.82) is 0 Å². The Labute approximate surface area is 144 Å². The standard InChI is InChI=1S/C19H29N3O2/c1-14(2)10-12-22-13-11-17(8-9-18(22)23)21-19(24)15-4-6-16(20-3)7-5-15/h4-7,14,17,20H,8-13H2,1-3H3,(H,21,24). The number of carbonyl (C=O) groups is 2. The van der Waals surface area contributed by atoms with E-state index in [9.17, 15) is 9.59 Å². The third-order valence-electron chi connectivity index (χ3n) is 4.55. The van der Waals surface area contributed by atoms with Gasteiger partial charge in [-0.05, 0) is 49.4 Å². The number of hydrogen-bond donors (Lipinski definition) is 2. The van der Waals surface area contributed by atoms with E-state index in [1.165, 1.54) is 0 Å². The summed E-state index contributed by atoms with van der Waals surface area (Å²) >= 11 is 0. The van der Waals surface area contributed by atoms with Crippen LogP contribution in [0.5, 0.6) is 0 Å². The first-order valence-corrected chi connectivity index (χ1v) is 8.86. The van der Waals surface area contributed by atoms with Gasteiger partial charge in [0.1, 0.15) is 0 Å². The molecule has 5 nitrogen and oxygen atoms in total. The van der Waals surface area contributed by atoms with E-state index < -0.39 is 0 Å². The second kappa shape index (κ2) is 8.71. The molecule has 1 atom stereocenters. The quantitative estimate of drug-likeness (QED) is 0.842. The fraction of sp³-hybridized carbons (Fsp3) is 0.579. The summed E-state index contributed by atoms with van der Waals surface area (Å²) in [4.78, 5) is 26.5. The van der Waals surface area contributed by atoms with Gasteiger partial charge in [0, 0.05) is 43.9 Å². The van der Waals surface area contributed by atoms with Gasteiger partial charge in [0.25, 0.3) is 5.91 Å². The maximum absolute atomic E-state index is 12.4. The van der Waals surface area contributed by atoms with E-state index in [0.717, 1.165) is 38.0 Å². The molecule has 1 aromatic rings. The summed E-state index contributed by atoms with van der Waals surface area (Å²) in [5, 5.41) is 6.12. The minimum Gasteiger partial charge on any atom is -0.388 e. The van der Waals surface area contributed by atoms with E-state index in [2.05, 4.69) is 24.5 Å². The lowest BCUT2D eigenvalue weighted by molar-refractivity contribution is -0.130. The smallest absolute Gasteiger partial charge is 0.251 e. The summed E-state index contributed by atoms with van der Waals surface area (Å²) in [6, 6.07) is 7.48. The maximum Gasteiger partial charge on any atom is 0.251 e. The molecule has 1 fully saturated rings. The van der Waals surface area contributed by atoms with Gasteiger partial charge in [0.2, 0.25) is 5.91 Å². The Morgan fingerprint density at radius 2 is 1.96 bits per heavy atom. The molecule has 0 aliphatic carbocycles. The van der Waals surface area contributed by atoms with Crippen LogP contribution in [-0.2, 0) is 4.79 Å². The summed E-state index contributed by atoms with van der Waals surface area (Å²) in [6.45, 7) is 5.90. The van der Waals surface area contributed by atoms with E-state index in [1.807, 2.05) is 36.2 Å². The first-order chi connectivity index (χ1) is 11.5. The Kier molecular flexibility index (Phi) is 6.64. The Morgan fingerprint density at radius 1 is 1.25 bits per heavy atom. The Morgan fingerprint density at radius 3 is 2.58 bits per heavy atom. The van der Waals surface area contributed by atoms with Crippen LogP contribution >= 0.6 is 0 Å². The fourth-order valence-corrected chi connectivity index (χ4v) is 2.89. The lowest BCUT2D eigenvalue weighted by Gasteiger charge is -2.22. The monoisotopic (exact) mass is 331 g/mol. The summed E-state index contributed by atoms with van der Waals surface area (Å²) < 4.78 is 0. The van der Waals surface area contributed by atoms with Crippen molar-refractivity contribution >= 4 is 17.5 Å². The predicted molar refractivity (Wildman–Crippen MR) is 97.1 cm³/mol. The SMILES string of the molecule is CNc1ccc(C(=O)NC2CCC(=O)N(CCC(C)C)CC2)cc1.